The Morgan fingerprint density at radius 3 is 2.08 bits per heavy atom. The van der Waals surface area contributed by atoms with E-state index in [1.54, 1.807) is 19.9 Å². The van der Waals surface area contributed by atoms with Gasteiger partial charge in [0.25, 0.3) is 0 Å². The van der Waals surface area contributed by atoms with Gasteiger partial charge < -0.3 is 20.4 Å². The fourth-order valence-corrected chi connectivity index (χ4v) is 10.3. The maximum Gasteiger partial charge on any atom is 0.116 e. The lowest BCUT2D eigenvalue weighted by Gasteiger charge is -2.71. The lowest BCUT2D eigenvalue weighted by atomic mass is 9.34. The molecular weight excluding hydrogens is 456 g/mol. The average Bonchev–Trinajstić information content (AvgIpc) is 3.15. The Morgan fingerprint density at radius 1 is 0.861 bits per heavy atom. The number of aliphatic hydroxyl groups excluding tert-OH is 3. The first-order valence-electron chi connectivity index (χ1n) is 14.2. The molecule has 0 radical (unpaired) electrons. The van der Waals surface area contributed by atoms with E-state index in [0.717, 1.165) is 38.5 Å². The van der Waals surface area contributed by atoms with Crippen molar-refractivity contribution < 1.29 is 30.6 Å². The van der Waals surface area contributed by atoms with E-state index in [0.29, 0.717) is 6.42 Å². The Balaban J connectivity index is 1.69. The summed E-state index contributed by atoms with van der Waals surface area (Å²) >= 11 is 0. The average molecular weight is 509 g/mol. The van der Waals surface area contributed by atoms with Crippen molar-refractivity contribution in [3.8, 4) is 0 Å². The topological polar surface area (TPSA) is 110 Å². The Bertz CT molecular complexity index is 866. The van der Waals surface area contributed by atoms with E-state index in [2.05, 4.69) is 39.5 Å². The summed E-state index contributed by atoms with van der Waals surface area (Å²) in [4.78, 5) is 4.50. The number of hydrogen-bond acceptors (Lipinski definition) is 6. The van der Waals surface area contributed by atoms with Crippen LogP contribution in [0.25, 0.3) is 0 Å². The number of aliphatic hydroxyl groups is 4. The van der Waals surface area contributed by atoms with Gasteiger partial charge in [0.15, 0.2) is 0 Å². The second-order valence-electron chi connectivity index (χ2n) is 15.1. The Hall–Kier alpha value is -0.500. The molecule has 0 amide bonds. The SMILES string of the molecule is CC(C)(C=CCC(C)(O)C1CCC2(C)C1C(O)C(O)C1C3(C)CCC(O)C(C)(C)C3CCC12C)OO. The molecule has 5 N–H and O–H groups in total. The van der Waals surface area contributed by atoms with Gasteiger partial charge in [-0.3, -0.25) is 5.26 Å². The van der Waals surface area contributed by atoms with Gasteiger partial charge in [-0.1, -0.05) is 46.8 Å². The summed E-state index contributed by atoms with van der Waals surface area (Å²) in [6, 6.07) is 0. The van der Waals surface area contributed by atoms with E-state index < -0.39 is 23.4 Å². The van der Waals surface area contributed by atoms with Crippen LogP contribution in [0.2, 0.25) is 0 Å². The summed E-state index contributed by atoms with van der Waals surface area (Å²) in [5.41, 5.74) is -2.67. The van der Waals surface area contributed by atoms with Crippen molar-refractivity contribution in [2.24, 2.45) is 45.3 Å². The third-order valence-corrected chi connectivity index (χ3v) is 12.5. The van der Waals surface area contributed by atoms with E-state index in [1.165, 1.54) is 0 Å². The van der Waals surface area contributed by atoms with Crippen LogP contribution in [0.1, 0.15) is 100 Å². The number of rotatable bonds is 5. The van der Waals surface area contributed by atoms with Crippen LogP contribution in [0.5, 0.6) is 0 Å². The van der Waals surface area contributed by atoms with Crippen molar-refractivity contribution in [3.63, 3.8) is 0 Å². The summed E-state index contributed by atoms with van der Waals surface area (Å²) in [6.07, 6.45) is 7.16. The molecule has 0 aromatic heterocycles. The lowest BCUT2D eigenvalue weighted by molar-refractivity contribution is -0.297. The highest BCUT2D eigenvalue weighted by atomic mass is 17.1. The van der Waals surface area contributed by atoms with E-state index in [1.807, 2.05) is 13.0 Å². The minimum Gasteiger partial charge on any atom is -0.393 e. The Labute approximate surface area is 218 Å². The van der Waals surface area contributed by atoms with Gasteiger partial charge >= 0.3 is 0 Å². The quantitative estimate of drug-likeness (QED) is 0.204. The lowest BCUT2D eigenvalue weighted by Crippen LogP contribution is -2.71. The van der Waals surface area contributed by atoms with Crippen molar-refractivity contribution in [3.05, 3.63) is 12.2 Å². The first-order valence-corrected chi connectivity index (χ1v) is 14.2. The summed E-state index contributed by atoms with van der Waals surface area (Å²) in [5.74, 6) is -0.126. The highest BCUT2D eigenvalue weighted by Crippen LogP contribution is 2.75. The summed E-state index contributed by atoms with van der Waals surface area (Å²) in [5, 5.41) is 55.3. The maximum atomic E-state index is 11.9. The van der Waals surface area contributed by atoms with E-state index in [9.17, 15) is 20.4 Å². The molecule has 4 saturated carbocycles. The van der Waals surface area contributed by atoms with E-state index in [-0.39, 0.29) is 51.4 Å². The predicted octanol–water partition coefficient (Wildman–Crippen LogP) is 4.94. The van der Waals surface area contributed by atoms with Crippen LogP contribution in [-0.2, 0) is 4.89 Å². The molecule has 4 rings (SSSR count). The van der Waals surface area contributed by atoms with Crippen LogP contribution in [0.3, 0.4) is 0 Å². The van der Waals surface area contributed by atoms with Gasteiger partial charge in [0.05, 0.1) is 23.9 Å². The number of fused-ring (bicyclic) bond motifs is 5. The maximum absolute atomic E-state index is 11.9. The zero-order valence-corrected chi connectivity index (χ0v) is 23.8. The van der Waals surface area contributed by atoms with E-state index >= 15 is 0 Å². The minimum absolute atomic E-state index is 0.0575. The fraction of sp³-hybridized carbons (Fsp3) is 0.933. The molecule has 6 nitrogen and oxygen atoms in total. The molecule has 0 bridgehead atoms. The van der Waals surface area contributed by atoms with Gasteiger partial charge in [-0.05, 0) is 111 Å². The molecule has 4 fully saturated rings. The minimum atomic E-state index is -1.06. The van der Waals surface area contributed by atoms with Gasteiger partial charge in [-0.25, -0.2) is 4.89 Å². The normalized spacial score (nSPS) is 50.3. The van der Waals surface area contributed by atoms with Crippen LogP contribution in [0.15, 0.2) is 12.2 Å². The van der Waals surface area contributed by atoms with Gasteiger partial charge in [0.1, 0.15) is 5.60 Å². The van der Waals surface area contributed by atoms with Gasteiger partial charge in [0.2, 0.25) is 0 Å². The summed E-state index contributed by atoms with van der Waals surface area (Å²) in [6.45, 7) is 16.7. The molecule has 11 unspecified atom stereocenters. The zero-order valence-electron chi connectivity index (χ0n) is 23.8. The molecule has 0 heterocycles. The molecule has 11 atom stereocenters. The molecule has 4 aliphatic rings. The summed E-state index contributed by atoms with van der Waals surface area (Å²) in [7, 11) is 0. The third kappa shape index (κ3) is 3.88. The van der Waals surface area contributed by atoms with E-state index in [4.69, 9.17) is 5.26 Å². The second kappa shape index (κ2) is 8.76. The summed E-state index contributed by atoms with van der Waals surface area (Å²) < 4.78 is 0. The Morgan fingerprint density at radius 2 is 1.47 bits per heavy atom. The van der Waals surface area contributed by atoms with Crippen LogP contribution in [0, 0.1) is 45.3 Å². The molecule has 6 heteroatoms. The molecule has 36 heavy (non-hydrogen) atoms. The van der Waals surface area contributed by atoms with Crippen molar-refractivity contribution in [2.75, 3.05) is 0 Å². The largest absolute Gasteiger partial charge is 0.393 e. The van der Waals surface area contributed by atoms with Gasteiger partial charge in [0, 0.05) is 0 Å². The Kier molecular flexibility index (Phi) is 6.93. The van der Waals surface area contributed by atoms with Crippen LogP contribution < -0.4 is 0 Å². The molecular formula is C30H52O6. The zero-order chi connectivity index (χ0) is 27.1. The standard InChI is InChI=1S/C30H52O6/c1-25(2,36-35)13-9-14-30(8,34)18-10-16-28(6)21(18)22(32)23(33)24-27(5)15-12-20(31)26(3,4)19(27)11-17-29(24,28)7/h9,13,18-24,31-35H,10-12,14-17H2,1-8H3. The molecule has 0 spiro atoms. The third-order valence-electron chi connectivity index (χ3n) is 12.5. The highest BCUT2D eigenvalue weighted by molar-refractivity contribution is 5.22. The van der Waals surface area contributed by atoms with Gasteiger partial charge in [-0.15, -0.1) is 0 Å². The van der Waals surface area contributed by atoms with Crippen LogP contribution in [-0.4, -0.2) is 55.2 Å². The molecule has 0 saturated heterocycles. The van der Waals surface area contributed by atoms with Crippen molar-refractivity contribution in [2.45, 2.75) is 130 Å². The van der Waals surface area contributed by atoms with Crippen LogP contribution in [0.4, 0.5) is 0 Å². The predicted molar refractivity (Wildman–Crippen MR) is 140 cm³/mol. The molecule has 0 aromatic carbocycles. The smallest absolute Gasteiger partial charge is 0.116 e. The molecule has 0 aliphatic heterocycles. The highest BCUT2D eigenvalue weighted by Gasteiger charge is 2.73. The molecule has 4 aliphatic carbocycles. The van der Waals surface area contributed by atoms with Crippen molar-refractivity contribution in [1.82, 2.24) is 0 Å². The first-order chi connectivity index (χ1) is 16.4. The first kappa shape index (κ1) is 28.5. The molecule has 0 aromatic rings. The monoisotopic (exact) mass is 508 g/mol. The van der Waals surface area contributed by atoms with Crippen molar-refractivity contribution >= 4 is 0 Å². The van der Waals surface area contributed by atoms with Crippen LogP contribution >= 0.6 is 0 Å². The number of hydrogen-bond donors (Lipinski definition) is 5. The second-order valence-corrected chi connectivity index (χ2v) is 15.1. The van der Waals surface area contributed by atoms with Gasteiger partial charge in [-0.2, -0.15) is 0 Å². The molecule has 208 valence electrons. The fourth-order valence-electron chi connectivity index (χ4n) is 10.3. The van der Waals surface area contributed by atoms with Crippen molar-refractivity contribution in [1.29, 1.82) is 0 Å².